The maximum Gasteiger partial charge on any atom is 0.261 e. The van der Waals surface area contributed by atoms with Crippen molar-refractivity contribution in [3.63, 3.8) is 0 Å². The summed E-state index contributed by atoms with van der Waals surface area (Å²) >= 11 is 0. The topological polar surface area (TPSA) is 84.5 Å². The van der Waals surface area contributed by atoms with Gasteiger partial charge in [0, 0.05) is 11.4 Å². The van der Waals surface area contributed by atoms with E-state index >= 15 is 0 Å². The zero-order valence-corrected chi connectivity index (χ0v) is 18.9. The molecule has 0 aliphatic heterocycles. The van der Waals surface area contributed by atoms with Crippen LogP contribution < -0.4 is 14.8 Å². The van der Waals surface area contributed by atoms with E-state index in [1.165, 1.54) is 12.1 Å². The van der Waals surface area contributed by atoms with Crippen LogP contribution in [0.15, 0.2) is 95.9 Å². The van der Waals surface area contributed by atoms with Crippen molar-refractivity contribution in [3.8, 4) is 5.75 Å². The maximum atomic E-state index is 12.7. The number of benzene rings is 4. The van der Waals surface area contributed by atoms with Crippen LogP contribution in [0, 0.1) is 0 Å². The van der Waals surface area contributed by atoms with E-state index in [1.54, 1.807) is 36.4 Å². The highest BCUT2D eigenvalue weighted by Gasteiger charge is 2.15. The minimum atomic E-state index is -3.76. The predicted molar refractivity (Wildman–Crippen MR) is 131 cm³/mol. The number of carbonyl (C=O) groups is 1. The number of hydrogen-bond donors (Lipinski definition) is 2. The minimum Gasteiger partial charge on any atom is -0.494 e. The molecule has 0 aromatic heterocycles. The van der Waals surface area contributed by atoms with Gasteiger partial charge in [0.05, 0.1) is 17.9 Å². The number of amides is 1. The quantitative estimate of drug-likeness (QED) is 0.378. The number of rotatable bonds is 8. The Labute approximate surface area is 193 Å². The van der Waals surface area contributed by atoms with Crippen molar-refractivity contribution in [2.75, 3.05) is 16.6 Å². The summed E-state index contributed by atoms with van der Waals surface area (Å²) in [6, 6.07) is 26.6. The van der Waals surface area contributed by atoms with E-state index in [0.29, 0.717) is 23.7 Å². The molecule has 4 rings (SSSR count). The first-order chi connectivity index (χ1) is 15.9. The second-order valence-corrected chi connectivity index (χ2v) is 9.13. The van der Waals surface area contributed by atoms with Crippen molar-refractivity contribution < 1.29 is 17.9 Å². The Hall–Kier alpha value is -3.84. The molecule has 0 bridgehead atoms. The fourth-order valence-corrected chi connectivity index (χ4v) is 4.60. The summed E-state index contributed by atoms with van der Waals surface area (Å²) in [5.41, 5.74) is 1.90. The van der Waals surface area contributed by atoms with Crippen LogP contribution in [0.1, 0.15) is 12.5 Å². The number of nitrogens with one attached hydrogen (secondary N) is 2. The second-order valence-electron chi connectivity index (χ2n) is 7.45. The fourth-order valence-electron chi connectivity index (χ4n) is 3.54. The van der Waals surface area contributed by atoms with E-state index in [2.05, 4.69) is 10.0 Å². The van der Waals surface area contributed by atoms with Crippen molar-refractivity contribution in [1.82, 2.24) is 0 Å². The average Bonchev–Trinajstić information content (AvgIpc) is 2.81. The van der Waals surface area contributed by atoms with Gasteiger partial charge in [-0.1, -0.05) is 42.5 Å². The lowest BCUT2D eigenvalue weighted by Gasteiger charge is -2.11. The van der Waals surface area contributed by atoms with Crippen LogP contribution >= 0.6 is 0 Å². The largest absolute Gasteiger partial charge is 0.494 e. The van der Waals surface area contributed by atoms with Crippen molar-refractivity contribution in [2.24, 2.45) is 0 Å². The van der Waals surface area contributed by atoms with E-state index in [4.69, 9.17) is 4.74 Å². The van der Waals surface area contributed by atoms with Crippen molar-refractivity contribution in [2.45, 2.75) is 18.2 Å². The van der Waals surface area contributed by atoms with E-state index in [1.807, 2.05) is 49.4 Å². The number of fused-ring (bicyclic) bond motifs is 1. The van der Waals surface area contributed by atoms with Crippen LogP contribution in [0.25, 0.3) is 10.8 Å². The van der Waals surface area contributed by atoms with Crippen molar-refractivity contribution in [3.05, 3.63) is 96.6 Å². The lowest BCUT2D eigenvalue weighted by molar-refractivity contribution is -0.115. The first kappa shape index (κ1) is 22.4. The smallest absolute Gasteiger partial charge is 0.261 e. The molecule has 7 heteroatoms. The summed E-state index contributed by atoms with van der Waals surface area (Å²) < 4.78 is 33.3. The maximum absolute atomic E-state index is 12.7. The SMILES string of the molecule is CCOc1ccc(NS(=O)(=O)c2ccc(NC(=O)Cc3cccc4ccccc34)cc2)cc1. The summed E-state index contributed by atoms with van der Waals surface area (Å²) in [5, 5.41) is 4.95. The molecule has 33 heavy (non-hydrogen) atoms. The molecule has 0 unspecified atom stereocenters. The number of hydrogen-bond acceptors (Lipinski definition) is 4. The molecule has 4 aromatic carbocycles. The van der Waals surface area contributed by atoms with Crippen LogP contribution in [0.5, 0.6) is 5.75 Å². The van der Waals surface area contributed by atoms with Crippen LogP contribution in [0.3, 0.4) is 0 Å². The average molecular weight is 461 g/mol. The molecular formula is C26H24N2O4S. The molecule has 0 heterocycles. The summed E-state index contributed by atoms with van der Waals surface area (Å²) in [6.07, 6.45) is 0.223. The molecule has 4 aromatic rings. The van der Waals surface area contributed by atoms with Crippen LogP contribution in [-0.4, -0.2) is 20.9 Å². The third-order valence-electron chi connectivity index (χ3n) is 5.10. The third-order valence-corrected chi connectivity index (χ3v) is 6.49. The number of carbonyl (C=O) groups excluding carboxylic acids is 1. The van der Waals surface area contributed by atoms with Gasteiger partial charge in [0.15, 0.2) is 0 Å². The Kier molecular flexibility index (Phi) is 6.60. The summed E-state index contributed by atoms with van der Waals surface area (Å²) in [7, 11) is -3.76. The summed E-state index contributed by atoms with van der Waals surface area (Å²) in [5.74, 6) is 0.499. The Bertz CT molecular complexity index is 1360. The lowest BCUT2D eigenvalue weighted by atomic mass is 10.0. The van der Waals surface area contributed by atoms with Gasteiger partial charge in [0.25, 0.3) is 10.0 Å². The number of ether oxygens (including phenoxy) is 1. The molecule has 0 aliphatic carbocycles. The Balaban J connectivity index is 1.41. The van der Waals surface area contributed by atoms with Crippen LogP contribution in [0.4, 0.5) is 11.4 Å². The first-order valence-corrected chi connectivity index (χ1v) is 12.0. The molecule has 2 N–H and O–H groups in total. The summed E-state index contributed by atoms with van der Waals surface area (Å²) in [6.45, 7) is 2.42. The Morgan fingerprint density at radius 3 is 2.21 bits per heavy atom. The molecule has 1 amide bonds. The minimum absolute atomic E-state index is 0.100. The van der Waals surface area contributed by atoms with Gasteiger partial charge >= 0.3 is 0 Å². The van der Waals surface area contributed by atoms with Gasteiger partial charge in [-0.3, -0.25) is 9.52 Å². The molecule has 0 radical (unpaired) electrons. The van der Waals surface area contributed by atoms with E-state index in [-0.39, 0.29) is 17.2 Å². The van der Waals surface area contributed by atoms with E-state index < -0.39 is 10.0 Å². The van der Waals surface area contributed by atoms with E-state index in [9.17, 15) is 13.2 Å². The molecule has 6 nitrogen and oxygen atoms in total. The standard InChI is InChI=1S/C26H24N2O4S/c1-2-32-23-14-10-22(11-15-23)28-33(30,31)24-16-12-21(13-17-24)27-26(29)18-20-8-5-7-19-6-3-4-9-25(19)20/h3-17,28H,2,18H2,1H3,(H,27,29). The highest BCUT2D eigenvalue weighted by Crippen LogP contribution is 2.22. The molecule has 168 valence electrons. The zero-order chi connectivity index (χ0) is 23.3. The van der Waals surface area contributed by atoms with Crippen LogP contribution in [-0.2, 0) is 21.2 Å². The van der Waals surface area contributed by atoms with Gasteiger partial charge in [-0.2, -0.15) is 0 Å². The monoisotopic (exact) mass is 460 g/mol. The highest BCUT2D eigenvalue weighted by atomic mass is 32.2. The third kappa shape index (κ3) is 5.51. The lowest BCUT2D eigenvalue weighted by Crippen LogP contribution is -2.15. The van der Waals surface area contributed by atoms with Crippen LogP contribution in [0.2, 0.25) is 0 Å². The van der Waals surface area contributed by atoms with Gasteiger partial charge in [0.2, 0.25) is 5.91 Å². The Morgan fingerprint density at radius 2 is 1.48 bits per heavy atom. The highest BCUT2D eigenvalue weighted by molar-refractivity contribution is 7.92. The van der Waals surface area contributed by atoms with Gasteiger partial charge in [-0.25, -0.2) is 8.42 Å². The fraction of sp³-hybridized carbons (Fsp3) is 0.115. The summed E-state index contributed by atoms with van der Waals surface area (Å²) in [4.78, 5) is 12.7. The molecular weight excluding hydrogens is 436 g/mol. The van der Waals surface area contributed by atoms with Gasteiger partial charge < -0.3 is 10.1 Å². The van der Waals surface area contributed by atoms with Gasteiger partial charge in [-0.05, 0) is 71.8 Å². The van der Waals surface area contributed by atoms with E-state index in [0.717, 1.165) is 16.3 Å². The normalized spacial score (nSPS) is 11.2. The number of sulfonamides is 1. The number of anilines is 2. The molecule has 0 saturated carbocycles. The first-order valence-electron chi connectivity index (χ1n) is 10.6. The van der Waals surface area contributed by atoms with Gasteiger partial charge in [-0.15, -0.1) is 0 Å². The van der Waals surface area contributed by atoms with Gasteiger partial charge in [0.1, 0.15) is 5.75 Å². The molecule has 0 atom stereocenters. The molecule has 0 fully saturated rings. The Morgan fingerprint density at radius 1 is 0.818 bits per heavy atom. The molecule has 0 saturated heterocycles. The molecule has 0 aliphatic rings. The van der Waals surface area contributed by atoms with Crippen molar-refractivity contribution in [1.29, 1.82) is 0 Å². The zero-order valence-electron chi connectivity index (χ0n) is 18.1. The predicted octanol–water partition coefficient (Wildman–Crippen LogP) is 5.22. The second kappa shape index (κ2) is 9.75. The molecule has 0 spiro atoms. The van der Waals surface area contributed by atoms with Crippen molar-refractivity contribution >= 4 is 38.1 Å².